The fourth-order valence-corrected chi connectivity index (χ4v) is 1.91. The molecule has 2 rings (SSSR count). The van der Waals surface area contributed by atoms with E-state index in [0.717, 1.165) is 31.6 Å². The summed E-state index contributed by atoms with van der Waals surface area (Å²) in [5.74, 6) is -0.369. The van der Waals surface area contributed by atoms with Crippen molar-refractivity contribution in [1.82, 2.24) is 10.3 Å². The fraction of sp³-hybridized carbons (Fsp3) is 0.538. The SMILES string of the molecule is COC(=O)c1ccc(COC2CCCNC2)nc1. The van der Waals surface area contributed by atoms with Crippen LogP contribution in [0, 0.1) is 0 Å². The molecule has 2 heterocycles. The van der Waals surface area contributed by atoms with Crippen molar-refractivity contribution < 1.29 is 14.3 Å². The number of carbonyl (C=O) groups excluding carboxylic acids is 1. The Morgan fingerprint density at radius 3 is 3.06 bits per heavy atom. The quantitative estimate of drug-likeness (QED) is 0.812. The molecule has 0 spiro atoms. The average molecular weight is 250 g/mol. The molecule has 1 aliphatic rings. The largest absolute Gasteiger partial charge is 0.465 e. The number of ether oxygens (including phenoxy) is 2. The van der Waals surface area contributed by atoms with Crippen LogP contribution in [0.4, 0.5) is 0 Å². The van der Waals surface area contributed by atoms with Crippen LogP contribution >= 0.6 is 0 Å². The molecule has 0 aromatic carbocycles. The van der Waals surface area contributed by atoms with Crippen molar-refractivity contribution in [2.45, 2.75) is 25.6 Å². The highest BCUT2D eigenvalue weighted by molar-refractivity contribution is 5.88. The molecule has 1 atom stereocenters. The first-order valence-electron chi connectivity index (χ1n) is 6.15. The van der Waals surface area contributed by atoms with Crippen molar-refractivity contribution >= 4 is 5.97 Å². The molecule has 0 amide bonds. The van der Waals surface area contributed by atoms with Gasteiger partial charge in [0.15, 0.2) is 0 Å². The summed E-state index contributed by atoms with van der Waals surface area (Å²) in [6.07, 6.45) is 4.02. The van der Waals surface area contributed by atoms with E-state index in [-0.39, 0.29) is 12.1 Å². The summed E-state index contributed by atoms with van der Waals surface area (Å²) in [7, 11) is 1.36. The minimum atomic E-state index is -0.369. The first kappa shape index (κ1) is 13.0. The Morgan fingerprint density at radius 2 is 2.44 bits per heavy atom. The van der Waals surface area contributed by atoms with Gasteiger partial charge in [-0.05, 0) is 31.5 Å². The molecule has 1 N–H and O–H groups in total. The monoisotopic (exact) mass is 250 g/mol. The first-order chi connectivity index (χ1) is 8.79. The van der Waals surface area contributed by atoms with Crippen LogP contribution in [0.25, 0.3) is 0 Å². The van der Waals surface area contributed by atoms with Crippen LogP contribution in [0.3, 0.4) is 0 Å². The van der Waals surface area contributed by atoms with Crippen molar-refractivity contribution in [3.8, 4) is 0 Å². The Labute approximate surface area is 107 Å². The molecule has 1 saturated heterocycles. The van der Waals surface area contributed by atoms with E-state index in [9.17, 15) is 4.79 Å². The molecule has 1 aromatic heterocycles. The fourth-order valence-electron chi connectivity index (χ4n) is 1.91. The summed E-state index contributed by atoms with van der Waals surface area (Å²) in [4.78, 5) is 15.4. The highest BCUT2D eigenvalue weighted by Crippen LogP contribution is 2.09. The van der Waals surface area contributed by atoms with Gasteiger partial charge in [-0.3, -0.25) is 4.98 Å². The van der Waals surface area contributed by atoms with Gasteiger partial charge in [-0.25, -0.2) is 4.79 Å². The van der Waals surface area contributed by atoms with Crippen LogP contribution in [0.1, 0.15) is 28.9 Å². The van der Waals surface area contributed by atoms with Gasteiger partial charge in [-0.2, -0.15) is 0 Å². The van der Waals surface area contributed by atoms with Crippen LogP contribution < -0.4 is 5.32 Å². The van der Waals surface area contributed by atoms with Gasteiger partial charge in [-0.1, -0.05) is 0 Å². The van der Waals surface area contributed by atoms with E-state index in [1.54, 1.807) is 12.1 Å². The molecule has 0 bridgehead atoms. The molecule has 0 radical (unpaired) electrons. The summed E-state index contributed by atoms with van der Waals surface area (Å²) in [5, 5.41) is 3.30. The average Bonchev–Trinajstić information content (AvgIpc) is 2.46. The van der Waals surface area contributed by atoms with E-state index in [2.05, 4.69) is 15.0 Å². The number of esters is 1. The number of piperidine rings is 1. The second-order valence-electron chi connectivity index (χ2n) is 4.31. The third-order valence-electron chi connectivity index (χ3n) is 2.96. The van der Waals surface area contributed by atoms with Crippen molar-refractivity contribution in [2.75, 3.05) is 20.2 Å². The Kier molecular flexibility index (Phi) is 4.66. The highest BCUT2D eigenvalue weighted by Gasteiger charge is 2.13. The number of hydrogen-bond donors (Lipinski definition) is 1. The second-order valence-corrected chi connectivity index (χ2v) is 4.31. The predicted octanol–water partition coefficient (Wildman–Crippen LogP) is 1.14. The summed E-state index contributed by atoms with van der Waals surface area (Å²) in [5.41, 5.74) is 1.29. The van der Waals surface area contributed by atoms with Crippen molar-refractivity contribution in [3.63, 3.8) is 0 Å². The maximum Gasteiger partial charge on any atom is 0.339 e. The normalized spacial score (nSPS) is 19.5. The third-order valence-corrected chi connectivity index (χ3v) is 2.96. The van der Waals surface area contributed by atoms with Crippen molar-refractivity contribution in [2.24, 2.45) is 0 Å². The van der Waals surface area contributed by atoms with Gasteiger partial charge in [0.1, 0.15) is 0 Å². The molecule has 0 aliphatic carbocycles. The van der Waals surface area contributed by atoms with Gasteiger partial charge in [0.25, 0.3) is 0 Å². The summed E-state index contributed by atoms with van der Waals surface area (Å²) >= 11 is 0. The highest BCUT2D eigenvalue weighted by atomic mass is 16.5. The van der Waals surface area contributed by atoms with E-state index in [4.69, 9.17) is 4.74 Å². The Balaban J connectivity index is 1.84. The second kappa shape index (κ2) is 6.47. The predicted molar refractivity (Wildman–Crippen MR) is 66.3 cm³/mol. The molecule has 1 fully saturated rings. The standard InChI is InChI=1S/C13H18N2O3/c1-17-13(16)10-4-5-11(15-7-10)9-18-12-3-2-6-14-8-12/h4-5,7,12,14H,2-3,6,8-9H2,1H3. The van der Waals surface area contributed by atoms with Gasteiger partial charge >= 0.3 is 5.97 Å². The molecule has 1 aliphatic heterocycles. The molecular weight excluding hydrogens is 232 g/mol. The molecule has 0 saturated carbocycles. The minimum absolute atomic E-state index is 0.265. The zero-order valence-corrected chi connectivity index (χ0v) is 10.5. The third kappa shape index (κ3) is 3.51. The molecule has 18 heavy (non-hydrogen) atoms. The Hall–Kier alpha value is -1.46. The summed E-state index contributed by atoms with van der Waals surface area (Å²) < 4.78 is 10.4. The van der Waals surface area contributed by atoms with Crippen LogP contribution in [-0.4, -0.2) is 37.3 Å². The zero-order chi connectivity index (χ0) is 12.8. The van der Waals surface area contributed by atoms with E-state index in [1.165, 1.54) is 13.3 Å². The zero-order valence-electron chi connectivity index (χ0n) is 10.5. The van der Waals surface area contributed by atoms with Gasteiger partial charge in [0.2, 0.25) is 0 Å². The van der Waals surface area contributed by atoms with Crippen LogP contribution in [0.15, 0.2) is 18.3 Å². The lowest BCUT2D eigenvalue weighted by atomic mass is 10.1. The van der Waals surface area contributed by atoms with Gasteiger partial charge in [0, 0.05) is 12.7 Å². The minimum Gasteiger partial charge on any atom is -0.465 e. The van der Waals surface area contributed by atoms with Crippen LogP contribution in [-0.2, 0) is 16.1 Å². The van der Waals surface area contributed by atoms with Crippen molar-refractivity contribution in [3.05, 3.63) is 29.6 Å². The Morgan fingerprint density at radius 1 is 1.56 bits per heavy atom. The maximum atomic E-state index is 11.2. The lowest BCUT2D eigenvalue weighted by molar-refractivity contribution is 0.0236. The number of nitrogens with one attached hydrogen (secondary N) is 1. The van der Waals surface area contributed by atoms with Crippen LogP contribution in [0.2, 0.25) is 0 Å². The number of pyridine rings is 1. The lowest BCUT2D eigenvalue weighted by Crippen LogP contribution is -2.35. The van der Waals surface area contributed by atoms with E-state index < -0.39 is 0 Å². The summed E-state index contributed by atoms with van der Waals surface area (Å²) in [6.45, 7) is 2.46. The Bertz CT molecular complexity index is 386. The van der Waals surface area contributed by atoms with Gasteiger partial charge in [-0.15, -0.1) is 0 Å². The maximum absolute atomic E-state index is 11.2. The molecule has 5 nitrogen and oxygen atoms in total. The topological polar surface area (TPSA) is 60.5 Å². The molecule has 5 heteroatoms. The van der Waals surface area contributed by atoms with E-state index in [0.29, 0.717) is 12.2 Å². The van der Waals surface area contributed by atoms with Crippen LogP contribution in [0.5, 0.6) is 0 Å². The number of nitrogens with zero attached hydrogens (tertiary/aromatic N) is 1. The number of rotatable bonds is 4. The number of methoxy groups -OCH3 is 1. The smallest absolute Gasteiger partial charge is 0.339 e. The van der Waals surface area contributed by atoms with Gasteiger partial charge < -0.3 is 14.8 Å². The number of aromatic nitrogens is 1. The number of hydrogen-bond acceptors (Lipinski definition) is 5. The molecule has 1 aromatic rings. The van der Waals surface area contributed by atoms with Crippen molar-refractivity contribution in [1.29, 1.82) is 0 Å². The van der Waals surface area contributed by atoms with E-state index >= 15 is 0 Å². The first-order valence-corrected chi connectivity index (χ1v) is 6.15. The molecular formula is C13H18N2O3. The number of carbonyl (C=O) groups is 1. The molecule has 1 unspecified atom stereocenters. The van der Waals surface area contributed by atoms with E-state index in [1.807, 2.05) is 0 Å². The molecule has 98 valence electrons. The lowest BCUT2D eigenvalue weighted by Gasteiger charge is -2.22. The van der Waals surface area contributed by atoms with Gasteiger partial charge in [0.05, 0.1) is 31.1 Å². The summed E-state index contributed by atoms with van der Waals surface area (Å²) in [6, 6.07) is 3.50.